The Labute approximate surface area is 118 Å². The molecule has 20 heavy (non-hydrogen) atoms. The van der Waals surface area contributed by atoms with Crippen LogP contribution in [-0.4, -0.2) is 29.0 Å². The summed E-state index contributed by atoms with van der Waals surface area (Å²) in [5.74, 6) is 1.81. The fourth-order valence-corrected chi connectivity index (χ4v) is 2.14. The number of aromatic nitrogens is 2. The second kappa shape index (κ2) is 6.05. The van der Waals surface area contributed by atoms with E-state index in [0.29, 0.717) is 11.7 Å². The molecule has 1 heterocycles. The molecular formula is C15H20N2O3. The summed E-state index contributed by atoms with van der Waals surface area (Å²) in [6.07, 6.45) is 1.51. The molecule has 0 bridgehead atoms. The van der Waals surface area contributed by atoms with Gasteiger partial charge >= 0.3 is 0 Å². The lowest BCUT2D eigenvalue weighted by Gasteiger charge is -2.24. The van der Waals surface area contributed by atoms with Crippen molar-refractivity contribution in [3.63, 3.8) is 0 Å². The van der Waals surface area contributed by atoms with Gasteiger partial charge in [0.05, 0.1) is 19.1 Å². The Morgan fingerprint density at radius 3 is 2.35 bits per heavy atom. The van der Waals surface area contributed by atoms with Crippen molar-refractivity contribution in [2.24, 2.45) is 0 Å². The minimum absolute atomic E-state index is 0.00421. The second-order valence-corrected chi connectivity index (χ2v) is 4.80. The van der Waals surface area contributed by atoms with Crippen molar-refractivity contribution in [1.29, 1.82) is 0 Å². The van der Waals surface area contributed by atoms with E-state index in [9.17, 15) is 5.11 Å². The van der Waals surface area contributed by atoms with Gasteiger partial charge in [-0.1, -0.05) is 19.0 Å². The molecule has 1 aromatic carbocycles. The van der Waals surface area contributed by atoms with Crippen molar-refractivity contribution in [3.05, 3.63) is 30.2 Å². The average molecular weight is 276 g/mol. The third-order valence-corrected chi connectivity index (χ3v) is 3.88. The molecule has 0 saturated carbocycles. The van der Waals surface area contributed by atoms with Crippen LogP contribution < -0.4 is 4.74 Å². The third kappa shape index (κ3) is 2.54. The van der Waals surface area contributed by atoms with Gasteiger partial charge in [0, 0.05) is 5.56 Å². The van der Waals surface area contributed by atoms with Crippen LogP contribution in [0.4, 0.5) is 0 Å². The summed E-state index contributed by atoms with van der Waals surface area (Å²) in [7, 11) is 1.62. The number of benzene rings is 1. The highest BCUT2D eigenvalue weighted by Gasteiger charge is 2.34. The molecule has 0 atom stereocenters. The fourth-order valence-electron chi connectivity index (χ4n) is 2.14. The first kappa shape index (κ1) is 14.5. The molecule has 0 aliphatic carbocycles. The van der Waals surface area contributed by atoms with E-state index in [-0.39, 0.29) is 6.61 Å². The van der Waals surface area contributed by atoms with E-state index in [0.717, 1.165) is 24.2 Å². The molecule has 0 spiro atoms. The summed E-state index contributed by atoms with van der Waals surface area (Å²) in [6, 6.07) is 7.46. The third-order valence-electron chi connectivity index (χ3n) is 3.88. The molecule has 0 saturated heterocycles. The van der Waals surface area contributed by atoms with Crippen LogP contribution in [0.3, 0.4) is 0 Å². The van der Waals surface area contributed by atoms with Gasteiger partial charge in [-0.25, -0.2) is 0 Å². The fraction of sp³-hybridized carbons (Fsp3) is 0.467. The lowest BCUT2D eigenvalue weighted by atomic mass is 9.83. The summed E-state index contributed by atoms with van der Waals surface area (Å²) >= 11 is 0. The van der Waals surface area contributed by atoms with Crippen molar-refractivity contribution >= 4 is 0 Å². The lowest BCUT2D eigenvalue weighted by Crippen LogP contribution is -2.29. The smallest absolute Gasteiger partial charge is 0.235 e. The first-order valence-electron chi connectivity index (χ1n) is 6.78. The molecule has 2 rings (SSSR count). The number of rotatable bonds is 6. The maximum atomic E-state index is 9.63. The van der Waals surface area contributed by atoms with Crippen molar-refractivity contribution < 1.29 is 14.4 Å². The van der Waals surface area contributed by atoms with Gasteiger partial charge in [0.1, 0.15) is 5.75 Å². The molecule has 108 valence electrons. The zero-order valence-corrected chi connectivity index (χ0v) is 12.1. The van der Waals surface area contributed by atoms with Gasteiger partial charge in [-0.05, 0) is 37.1 Å². The van der Waals surface area contributed by atoms with Crippen LogP contribution in [0.2, 0.25) is 0 Å². The summed E-state index contributed by atoms with van der Waals surface area (Å²) in [6.45, 7) is 4.03. The van der Waals surface area contributed by atoms with Crippen molar-refractivity contribution in [2.45, 2.75) is 32.1 Å². The minimum Gasteiger partial charge on any atom is -0.497 e. The Kier molecular flexibility index (Phi) is 4.39. The van der Waals surface area contributed by atoms with Gasteiger partial charge < -0.3 is 14.4 Å². The van der Waals surface area contributed by atoms with E-state index >= 15 is 0 Å². The number of ether oxygens (including phenoxy) is 1. The van der Waals surface area contributed by atoms with E-state index in [4.69, 9.17) is 9.26 Å². The lowest BCUT2D eigenvalue weighted by molar-refractivity contribution is 0.146. The molecule has 5 heteroatoms. The number of methoxy groups -OCH3 is 1. The maximum absolute atomic E-state index is 9.63. The summed E-state index contributed by atoms with van der Waals surface area (Å²) in [4.78, 5) is 4.44. The summed E-state index contributed by atoms with van der Waals surface area (Å²) in [5, 5.41) is 13.6. The highest BCUT2D eigenvalue weighted by molar-refractivity contribution is 5.55. The first-order chi connectivity index (χ1) is 9.69. The highest BCUT2D eigenvalue weighted by Crippen LogP contribution is 2.31. The van der Waals surface area contributed by atoms with Crippen LogP contribution in [0.15, 0.2) is 28.8 Å². The molecule has 5 nitrogen and oxygen atoms in total. The zero-order chi connectivity index (χ0) is 14.6. The summed E-state index contributed by atoms with van der Waals surface area (Å²) in [5.41, 5.74) is 0.414. The highest BCUT2D eigenvalue weighted by atomic mass is 16.5. The topological polar surface area (TPSA) is 68.4 Å². The number of nitrogens with zero attached hydrogens (tertiary/aromatic N) is 2. The van der Waals surface area contributed by atoms with Gasteiger partial charge in [0.2, 0.25) is 11.7 Å². The maximum Gasteiger partial charge on any atom is 0.235 e. The molecule has 0 aliphatic rings. The zero-order valence-electron chi connectivity index (χ0n) is 12.1. The van der Waals surface area contributed by atoms with Crippen LogP contribution in [0.1, 0.15) is 32.6 Å². The molecule has 0 fully saturated rings. The molecule has 0 amide bonds. The van der Waals surface area contributed by atoms with Gasteiger partial charge in [-0.2, -0.15) is 4.98 Å². The van der Waals surface area contributed by atoms with Crippen LogP contribution in [0.25, 0.3) is 11.4 Å². The van der Waals surface area contributed by atoms with E-state index in [2.05, 4.69) is 10.1 Å². The summed E-state index contributed by atoms with van der Waals surface area (Å²) < 4.78 is 10.5. The van der Waals surface area contributed by atoms with Crippen LogP contribution >= 0.6 is 0 Å². The Balaban J connectivity index is 2.32. The van der Waals surface area contributed by atoms with Crippen molar-refractivity contribution in [2.75, 3.05) is 13.7 Å². The van der Waals surface area contributed by atoms with E-state index in [1.165, 1.54) is 0 Å². The van der Waals surface area contributed by atoms with E-state index in [1.54, 1.807) is 7.11 Å². The Hall–Kier alpha value is -1.88. The minimum atomic E-state index is -0.447. The predicted octanol–water partition coefficient (Wildman–Crippen LogP) is 2.80. The quantitative estimate of drug-likeness (QED) is 0.878. The molecule has 2 aromatic rings. The monoisotopic (exact) mass is 276 g/mol. The van der Waals surface area contributed by atoms with Gasteiger partial charge in [0.25, 0.3) is 0 Å². The molecule has 0 radical (unpaired) electrons. The Morgan fingerprint density at radius 1 is 1.20 bits per heavy atom. The molecular weight excluding hydrogens is 256 g/mol. The molecule has 1 aromatic heterocycles. The Bertz CT molecular complexity index is 536. The second-order valence-electron chi connectivity index (χ2n) is 4.80. The standard InChI is InChI=1S/C15H20N2O3/c1-4-15(5-2,10-18)14-16-13(17-20-14)11-6-8-12(19-3)9-7-11/h6-9,18H,4-5,10H2,1-3H3. The molecule has 1 N–H and O–H groups in total. The van der Waals surface area contributed by atoms with Gasteiger partial charge in [-0.15, -0.1) is 0 Å². The SMILES string of the molecule is CCC(CC)(CO)c1nc(-c2ccc(OC)cc2)no1. The van der Waals surface area contributed by atoms with Crippen molar-refractivity contribution in [1.82, 2.24) is 10.1 Å². The largest absolute Gasteiger partial charge is 0.497 e. The molecule has 0 aliphatic heterocycles. The molecule has 0 unspecified atom stereocenters. The van der Waals surface area contributed by atoms with Crippen molar-refractivity contribution in [3.8, 4) is 17.1 Å². The van der Waals surface area contributed by atoms with E-state index in [1.807, 2.05) is 38.1 Å². The van der Waals surface area contributed by atoms with Crippen LogP contribution in [0, 0.1) is 0 Å². The predicted molar refractivity (Wildman–Crippen MR) is 75.6 cm³/mol. The number of hydrogen-bond donors (Lipinski definition) is 1. The number of aliphatic hydroxyl groups excluding tert-OH is 1. The van der Waals surface area contributed by atoms with Gasteiger partial charge in [-0.3, -0.25) is 0 Å². The first-order valence-corrected chi connectivity index (χ1v) is 6.78. The average Bonchev–Trinajstić information content (AvgIpc) is 3.00. The van der Waals surface area contributed by atoms with Gasteiger partial charge in [0.15, 0.2) is 0 Å². The van der Waals surface area contributed by atoms with Crippen LogP contribution in [0.5, 0.6) is 5.75 Å². The number of aliphatic hydroxyl groups is 1. The van der Waals surface area contributed by atoms with E-state index < -0.39 is 5.41 Å². The normalized spacial score (nSPS) is 11.6. The van der Waals surface area contributed by atoms with Crippen LogP contribution in [-0.2, 0) is 5.41 Å². The Morgan fingerprint density at radius 2 is 1.85 bits per heavy atom. The number of hydrogen-bond acceptors (Lipinski definition) is 5.